The summed E-state index contributed by atoms with van der Waals surface area (Å²) in [5, 5.41) is 4.13. The average Bonchev–Trinajstić information content (AvgIpc) is 3.20. The number of hydrogen-bond donors (Lipinski definition) is 1. The van der Waals surface area contributed by atoms with Crippen molar-refractivity contribution < 1.29 is 13.2 Å². The van der Waals surface area contributed by atoms with Crippen molar-refractivity contribution >= 4 is 27.8 Å². The van der Waals surface area contributed by atoms with Crippen LogP contribution in [0.1, 0.15) is 42.3 Å². The van der Waals surface area contributed by atoms with Crippen molar-refractivity contribution in [3.63, 3.8) is 0 Å². The average molecular weight is 529 g/mol. The normalized spacial score (nSPS) is 11.7. The number of nitrogens with one attached hydrogen (secondary N) is 1. The highest BCUT2D eigenvalue weighted by Crippen LogP contribution is 2.26. The number of nitrogens with zero attached hydrogens (tertiary/aromatic N) is 3. The van der Waals surface area contributed by atoms with Gasteiger partial charge >= 0.3 is 0 Å². The second kappa shape index (κ2) is 11.5. The van der Waals surface area contributed by atoms with E-state index in [0.717, 1.165) is 32.5 Å². The van der Waals surface area contributed by atoms with Gasteiger partial charge in [0.05, 0.1) is 16.8 Å². The minimum atomic E-state index is -3.98. The fraction of sp³-hybridized carbons (Fsp3) is 0.200. The van der Waals surface area contributed by atoms with E-state index in [1.54, 1.807) is 36.5 Å². The summed E-state index contributed by atoms with van der Waals surface area (Å²) in [5.74, 6) is -0.254. The SMILES string of the molecule is Cc1cc(/C=N\NC(=O)CN(c2ccc(C(C)C)cc2)S(=O)(=O)c2ccccc2)c(C)n1-c1ccccc1. The summed E-state index contributed by atoms with van der Waals surface area (Å²) in [7, 11) is -3.98. The number of carbonyl (C=O) groups is 1. The van der Waals surface area contributed by atoms with Crippen LogP contribution in [0.15, 0.2) is 101 Å². The topological polar surface area (TPSA) is 83.8 Å². The Bertz CT molecular complexity index is 1530. The van der Waals surface area contributed by atoms with E-state index in [9.17, 15) is 13.2 Å². The molecule has 1 N–H and O–H groups in total. The summed E-state index contributed by atoms with van der Waals surface area (Å²) in [6.45, 7) is 7.70. The molecule has 0 radical (unpaired) electrons. The number of aryl methyl sites for hydroxylation is 1. The molecule has 0 aliphatic heterocycles. The van der Waals surface area contributed by atoms with E-state index in [1.807, 2.05) is 62.4 Å². The molecule has 0 atom stereocenters. The van der Waals surface area contributed by atoms with Crippen molar-refractivity contribution in [1.82, 2.24) is 9.99 Å². The maximum Gasteiger partial charge on any atom is 0.264 e. The van der Waals surface area contributed by atoms with Gasteiger partial charge in [0, 0.05) is 22.6 Å². The predicted molar refractivity (Wildman–Crippen MR) is 152 cm³/mol. The molecule has 0 aliphatic carbocycles. The van der Waals surface area contributed by atoms with Crippen molar-refractivity contribution in [3.05, 3.63) is 114 Å². The lowest BCUT2D eigenvalue weighted by Crippen LogP contribution is -2.39. The van der Waals surface area contributed by atoms with Crippen LogP contribution in [0.25, 0.3) is 5.69 Å². The molecule has 0 fully saturated rings. The highest BCUT2D eigenvalue weighted by atomic mass is 32.2. The molecule has 0 saturated carbocycles. The van der Waals surface area contributed by atoms with Gasteiger partial charge in [0.15, 0.2) is 0 Å². The van der Waals surface area contributed by atoms with Gasteiger partial charge in [-0.1, -0.05) is 62.4 Å². The zero-order valence-corrected chi connectivity index (χ0v) is 22.8. The van der Waals surface area contributed by atoms with E-state index in [0.29, 0.717) is 11.6 Å². The lowest BCUT2D eigenvalue weighted by Gasteiger charge is -2.24. The zero-order valence-electron chi connectivity index (χ0n) is 22.0. The number of benzene rings is 3. The third-order valence-electron chi connectivity index (χ3n) is 6.34. The number of amides is 1. The summed E-state index contributed by atoms with van der Waals surface area (Å²) in [5.41, 5.74) is 7.88. The standard InChI is InChI=1S/C30H32N4O3S/c1-22(2)25-15-17-27(18-16-25)33(38(36,37)29-13-9-6-10-14-29)21-30(35)32-31-20-26-19-23(3)34(24(26)4)28-11-7-5-8-12-28/h5-20,22H,21H2,1-4H3,(H,32,35)/b31-20-. The molecule has 4 rings (SSSR count). The number of hydrogen-bond acceptors (Lipinski definition) is 4. The smallest absolute Gasteiger partial charge is 0.264 e. The van der Waals surface area contributed by atoms with E-state index in [1.165, 1.54) is 12.1 Å². The highest BCUT2D eigenvalue weighted by molar-refractivity contribution is 7.92. The summed E-state index contributed by atoms with van der Waals surface area (Å²) in [4.78, 5) is 13.0. The Labute approximate surface area is 224 Å². The Hall–Kier alpha value is -4.17. The molecule has 4 aromatic rings. The van der Waals surface area contributed by atoms with Gasteiger partial charge in [0.25, 0.3) is 15.9 Å². The van der Waals surface area contributed by atoms with E-state index in [2.05, 4.69) is 28.9 Å². The lowest BCUT2D eigenvalue weighted by molar-refractivity contribution is -0.119. The van der Waals surface area contributed by atoms with Gasteiger partial charge in [-0.25, -0.2) is 13.8 Å². The summed E-state index contributed by atoms with van der Waals surface area (Å²) >= 11 is 0. The van der Waals surface area contributed by atoms with Gasteiger partial charge in [-0.2, -0.15) is 5.10 Å². The molecule has 1 aromatic heterocycles. The molecule has 196 valence electrons. The fourth-order valence-electron chi connectivity index (χ4n) is 4.29. The van der Waals surface area contributed by atoms with Crippen molar-refractivity contribution in [3.8, 4) is 5.69 Å². The molecule has 0 aliphatic rings. The van der Waals surface area contributed by atoms with E-state index in [-0.39, 0.29) is 4.90 Å². The Kier molecular flexibility index (Phi) is 8.12. The number of aromatic nitrogens is 1. The number of sulfonamides is 1. The summed E-state index contributed by atoms with van der Waals surface area (Å²) < 4.78 is 30.2. The van der Waals surface area contributed by atoms with Gasteiger partial charge in [-0.3, -0.25) is 9.10 Å². The van der Waals surface area contributed by atoms with Crippen LogP contribution in [0.2, 0.25) is 0 Å². The zero-order chi connectivity index (χ0) is 27.3. The number of hydrazone groups is 1. The maximum absolute atomic E-state index is 13.5. The van der Waals surface area contributed by atoms with Crippen LogP contribution in [0.4, 0.5) is 5.69 Å². The van der Waals surface area contributed by atoms with Crippen molar-refractivity contribution in [2.75, 3.05) is 10.8 Å². The number of rotatable bonds is 9. The van der Waals surface area contributed by atoms with Crippen LogP contribution in [0.5, 0.6) is 0 Å². The minimum absolute atomic E-state index is 0.109. The largest absolute Gasteiger partial charge is 0.318 e. The molecule has 38 heavy (non-hydrogen) atoms. The second-order valence-electron chi connectivity index (χ2n) is 9.36. The molecule has 0 unspecified atom stereocenters. The molecular weight excluding hydrogens is 496 g/mol. The van der Waals surface area contributed by atoms with Crippen LogP contribution >= 0.6 is 0 Å². The number of anilines is 1. The van der Waals surface area contributed by atoms with Crippen molar-refractivity contribution in [2.45, 2.75) is 38.5 Å². The van der Waals surface area contributed by atoms with Crippen LogP contribution in [0.3, 0.4) is 0 Å². The van der Waals surface area contributed by atoms with E-state index >= 15 is 0 Å². The Morgan fingerprint density at radius 1 is 0.947 bits per heavy atom. The number of para-hydroxylation sites is 1. The third-order valence-corrected chi connectivity index (χ3v) is 8.13. The summed E-state index contributed by atoms with van der Waals surface area (Å²) in [6, 6.07) is 27.3. The molecule has 0 saturated heterocycles. The minimum Gasteiger partial charge on any atom is -0.318 e. The molecule has 0 bridgehead atoms. The lowest BCUT2D eigenvalue weighted by atomic mass is 10.0. The Balaban J connectivity index is 1.55. The Morgan fingerprint density at radius 2 is 1.55 bits per heavy atom. The number of carbonyl (C=O) groups excluding carboxylic acids is 1. The Morgan fingerprint density at radius 3 is 2.16 bits per heavy atom. The quantitative estimate of drug-likeness (QED) is 0.228. The van der Waals surface area contributed by atoms with Crippen LogP contribution < -0.4 is 9.73 Å². The van der Waals surface area contributed by atoms with Crippen LogP contribution in [0, 0.1) is 13.8 Å². The first kappa shape index (κ1) is 26.9. The first-order valence-corrected chi connectivity index (χ1v) is 13.9. The maximum atomic E-state index is 13.5. The van der Waals surface area contributed by atoms with Gasteiger partial charge in [0.1, 0.15) is 6.54 Å². The van der Waals surface area contributed by atoms with Gasteiger partial charge < -0.3 is 4.57 Å². The van der Waals surface area contributed by atoms with Crippen molar-refractivity contribution in [2.24, 2.45) is 5.10 Å². The predicted octanol–water partition coefficient (Wildman–Crippen LogP) is 5.56. The molecular formula is C30H32N4O3S. The van der Waals surface area contributed by atoms with Crippen LogP contribution in [-0.2, 0) is 14.8 Å². The van der Waals surface area contributed by atoms with Gasteiger partial charge in [-0.15, -0.1) is 0 Å². The fourth-order valence-corrected chi connectivity index (χ4v) is 5.73. The molecule has 0 spiro atoms. The van der Waals surface area contributed by atoms with Gasteiger partial charge in [-0.05, 0) is 67.8 Å². The third kappa shape index (κ3) is 5.86. The first-order valence-electron chi connectivity index (χ1n) is 12.4. The molecule has 8 heteroatoms. The highest BCUT2D eigenvalue weighted by Gasteiger charge is 2.27. The molecule has 7 nitrogen and oxygen atoms in total. The first-order chi connectivity index (χ1) is 18.2. The van der Waals surface area contributed by atoms with Gasteiger partial charge in [0.2, 0.25) is 0 Å². The summed E-state index contributed by atoms with van der Waals surface area (Å²) in [6.07, 6.45) is 1.58. The molecule has 1 heterocycles. The monoisotopic (exact) mass is 528 g/mol. The molecule has 3 aromatic carbocycles. The van der Waals surface area contributed by atoms with E-state index < -0.39 is 22.5 Å². The van der Waals surface area contributed by atoms with Crippen molar-refractivity contribution in [1.29, 1.82) is 0 Å². The second-order valence-corrected chi connectivity index (χ2v) is 11.2. The van der Waals surface area contributed by atoms with E-state index in [4.69, 9.17) is 0 Å². The van der Waals surface area contributed by atoms with Crippen LogP contribution in [-0.4, -0.2) is 31.7 Å². The molecule has 1 amide bonds.